The van der Waals surface area contributed by atoms with Gasteiger partial charge < -0.3 is 20.8 Å². The summed E-state index contributed by atoms with van der Waals surface area (Å²) in [6, 6.07) is 11.0. The Morgan fingerprint density at radius 3 is 2.43 bits per heavy atom. The molecule has 0 unspecified atom stereocenters. The van der Waals surface area contributed by atoms with Crippen LogP contribution < -0.4 is 10.6 Å². The first kappa shape index (κ1) is 21.9. The average Bonchev–Trinajstić information content (AvgIpc) is 2.95. The summed E-state index contributed by atoms with van der Waals surface area (Å²) in [7, 11) is 0. The lowest BCUT2D eigenvalue weighted by molar-refractivity contribution is -0.147. The molecule has 1 aromatic carbocycles. The number of halogens is 2. The molecular weight excluding hydrogens is 421 g/mol. The molecule has 3 N–H and O–H groups in total. The molecule has 0 aliphatic heterocycles. The summed E-state index contributed by atoms with van der Waals surface area (Å²) < 4.78 is 5.88. The molecule has 0 saturated carbocycles. The van der Waals surface area contributed by atoms with E-state index in [2.05, 4.69) is 10.6 Å². The van der Waals surface area contributed by atoms with Crippen molar-refractivity contribution in [2.75, 3.05) is 11.9 Å². The number of thiophene rings is 1. The van der Waals surface area contributed by atoms with Gasteiger partial charge in [-0.3, -0.25) is 9.59 Å². The van der Waals surface area contributed by atoms with E-state index in [1.165, 1.54) is 0 Å². The fourth-order valence-corrected chi connectivity index (χ4v) is 3.78. The van der Waals surface area contributed by atoms with Crippen molar-refractivity contribution in [3.63, 3.8) is 0 Å². The fourth-order valence-electron chi connectivity index (χ4n) is 2.29. The van der Waals surface area contributed by atoms with Gasteiger partial charge in [-0.05, 0) is 37.6 Å². The SMILES string of the molecule is CC(=N)/C(NC(=O)COC(=O)Cc1cc(Cl)sc1Cl)=C(/C)Nc1ccccc1. The zero-order valence-corrected chi connectivity index (χ0v) is 17.6. The van der Waals surface area contributed by atoms with Crippen LogP contribution in [0.2, 0.25) is 8.67 Å². The molecule has 0 atom stereocenters. The van der Waals surface area contributed by atoms with Gasteiger partial charge in [-0.2, -0.15) is 0 Å². The molecule has 0 bridgehead atoms. The second kappa shape index (κ2) is 10.3. The van der Waals surface area contributed by atoms with Gasteiger partial charge in [0.05, 0.1) is 26.5 Å². The molecule has 1 amide bonds. The lowest BCUT2D eigenvalue weighted by Gasteiger charge is -2.15. The molecule has 0 spiro atoms. The smallest absolute Gasteiger partial charge is 0.310 e. The number of ether oxygens (including phenoxy) is 1. The predicted octanol–water partition coefficient (Wildman–Crippen LogP) is 4.64. The topological polar surface area (TPSA) is 91.3 Å². The van der Waals surface area contributed by atoms with Crippen LogP contribution in [-0.4, -0.2) is 24.2 Å². The Kier molecular flexibility index (Phi) is 8.04. The molecule has 0 saturated heterocycles. The number of anilines is 1. The maximum atomic E-state index is 12.2. The fraction of sp³-hybridized carbons (Fsp3) is 0.211. The van der Waals surface area contributed by atoms with Crippen molar-refractivity contribution in [1.29, 1.82) is 5.41 Å². The first-order chi connectivity index (χ1) is 13.3. The molecule has 1 heterocycles. The third-order valence-electron chi connectivity index (χ3n) is 3.55. The summed E-state index contributed by atoms with van der Waals surface area (Å²) in [5.41, 5.74) is 2.46. The van der Waals surface area contributed by atoms with Crippen molar-refractivity contribution < 1.29 is 14.3 Å². The van der Waals surface area contributed by atoms with Crippen LogP contribution >= 0.6 is 34.5 Å². The Bertz CT molecular complexity index is 910. The van der Waals surface area contributed by atoms with Crippen LogP contribution in [-0.2, 0) is 20.7 Å². The number of allylic oxidation sites excluding steroid dienone is 2. The zero-order chi connectivity index (χ0) is 20.7. The lowest BCUT2D eigenvalue weighted by Crippen LogP contribution is -2.32. The Labute approximate surface area is 177 Å². The largest absolute Gasteiger partial charge is 0.455 e. The van der Waals surface area contributed by atoms with Gasteiger partial charge in [0.15, 0.2) is 6.61 Å². The number of rotatable bonds is 8. The molecule has 2 aromatic rings. The van der Waals surface area contributed by atoms with Crippen LogP contribution in [0.4, 0.5) is 5.69 Å². The number of benzene rings is 1. The van der Waals surface area contributed by atoms with E-state index < -0.39 is 18.5 Å². The number of nitrogens with one attached hydrogen (secondary N) is 3. The number of hydrogen-bond donors (Lipinski definition) is 3. The van der Waals surface area contributed by atoms with Crippen LogP contribution in [0, 0.1) is 5.41 Å². The predicted molar refractivity (Wildman–Crippen MR) is 113 cm³/mol. The molecule has 0 radical (unpaired) electrons. The summed E-state index contributed by atoms with van der Waals surface area (Å²) in [6.07, 6.45) is -0.0732. The summed E-state index contributed by atoms with van der Waals surface area (Å²) in [5.74, 6) is -1.14. The third-order valence-corrected chi connectivity index (χ3v) is 5.12. The number of carbonyl (C=O) groups is 2. The first-order valence-electron chi connectivity index (χ1n) is 8.24. The first-order valence-corrected chi connectivity index (χ1v) is 9.81. The number of para-hydroxylation sites is 1. The van der Waals surface area contributed by atoms with Crippen LogP contribution in [0.3, 0.4) is 0 Å². The lowest BCUT2D eigenvalue weighted by atomic mass is 10.2. The van der Waals surface area contributed by atoms with Gasteiger partial charge in [-0.25, -0.2) is 0 Å². The van der Waals surface area contributed by atoms with E-state index in [0.717, 1.165) is 17.0 Å². The highest BCUT2D eigenvalue weighted by molar-refractivity contribution is 7.20. The average molecular weight is 440 g/mol. The maximum Gasteiger partial charge on any atom is 0.310 e. The summed E-state index contributed by atoms with van der Waals surface area (Å²) in [4.78, 5) is 24.1. The summed E-state index contributed by atoms with van der Waals surface area (Å²) in [6.45, 7) is 2.83. The van der Waals surface area contributed by atoms with Crippen molar-refractivity contribution in [3.8, 4) is 0 Å². The normalized spacial score (nSPS) is 11.4. The summed E-state index contributed by atoms with van der Waals surface area (Å²) >= 11 is 13.0. The van der Waals surface area contributed by atoms with E-state index in [1.54, 1.807) is 19.9 Å². The van der Waals surface area contributed by atoms with Gasteiger partial charge in [0.2, 0.25) is 0 Å². The van der Waals surface area contributed by atoms with Gasteiger partial charge in [0.25, 0.3) is 5.91 Å². The molecular formula is C19H19Cl2N3O3S. The highest BCUT2D eigenvalue weighted by Gasteiger charge is 2.15. The highest BCUT2D eigenvalue weighted by Crippen LogP contribution is 2.31. The second-order valence-electron chi connectivity index (χ2n) is 5.85. The van der Waals surface area contributed by atoms with Crippen molar-refractivity contribution >= 4 is 57.8 Å². The maximum absolute atomic E-state index is 12.2. The van der Waals surface area contributed by atoms with Gasteiger partial charge >= 0.3 is 5.97 Å². The molecule has 0 aliphatic carbocycles. The Morgan fingerprint density at radius 1 is 1.18 bits per heavy atom. The van der Waals surface area contributed by atoms with Crippen molar-refractivity contribution in [2.45, 2.75) is 20.3 Å². The monoisotopic (exact) mass is 439 g/mol. The van der Waals surface area contributed by atoms with Crippen molar-refractivity contribution in [2.24, 2.45) is 0 Å². The molecule has 1 aromatic heterocycles. The number of carbonyl (C=O) groups excluding carboxylic acids is 2. The van der Waals surface area contributed by atoms with E-state index in [9.17, 15) is 9.59 Å². The van der Waals surface area contributed by atoms with Crippen LogP contribution in [0.5, 0.6) is 0 Å². The second-order valence-corrected chi connectivity index (χ2v) is 8.14. The number of esters is 1. The van der Waals surface area contributed by atoms with Gasteiger partial charge in [0, 0.05) is 11.4 Å². The number of amides is 1. The van der Waals surface area contributed by atoms with Gasteiger partial charge in [0.1, 0.15) is 0 Å². The molecule has 9 heteroatoms. The Hall–Kier alpha value is -2.35. The Morgan fingerprint density at radius 2 is 1.86 bits per heavy atom. The van der Waals surface area contributed by atoms with Crippen LogP contribution in [0.1, 0.15) is 19.4 Å². The quantitative estimate of drug-likeness (QED) is 0.412. The van der Waals surface area contributed by atoms with Gasteiger partial charge in [-0.1, -0.05) is 41.4 Å². The zero-order valence-electron chi connectivity index (χ0n) is 15.3. The van der Waals surface area contributed by atoms with Crippen LogP contribution in [0.15, 0.2) is 47.8 Å². The minimum Gasteiger partial charge on any atom is -0.455 e. The molecule has 148 valence electrons. The molecule has 6 nitrogen and oxygen atoms in total. The van der Waals surface area contributed by atoms with E-state index in [-0.39, 0.29) is 12.1 Å². The van der Waals surface area contributed by atoms with E-state index >= 15 is 0 Å². The Balaban J connectivity index is 1.93. The molecule has 0 aliphatic rings. The minimum absolute atomic E-state index is 0.0732. The standard InChI is InChI=1S/C19H19Cl2N3O3S/c1-11(22)18(12(2)23-14-6-4-3-5-7-14)24-16(25)10-27-17(26)9-13-8-15(20)28-19(13)21/h3-8,22-23H,9-10H2,1-2H3,(H,24,25)/b18-12+,22-11?. The van der Waals surface area contributed by atoms with E-state index in [0.29, 0.717) is 25.6 Å². The summed E-state index contributed by atoms with van der Waals surface area (Å²) in [5, 5.41) is 13.6. The molecule has 2 rings (SSSR count). The number of hydrogen-bond acceptors (Lipinski definition) is 6. The van der Waals surface area contributed by atoms with Crippen molar-refractivity contribution in [1.82, 2.24) is 5.32 Å². The minimum atomic E-state index is -0.595. The van der Waals surface area contributed by atoms with E-state index in [1.807, 2.05) is 30.3 Å². The third kappa shape index (κ3) is 6.67. The molecule has 0 fully saturated rings. The van der Waals surface area contributed by atoms with Crippen molar-refractivity contribution in [3.05, 3.63) is 62.0 Å². The van der Waals surface area contributed by atoms with Gasteiger partial charge in [-0.15, -0.1) is 11.3 Å². The highest BCUT2D eigenvalue weighted by atomic mass is 35.5. The molecule has 28 heavy (non-hydrogen) atoms. The van der Waals surface area contributed by atoms with Crippen LogP contribution in [0.25, 0.3) is 0 Å². The van der Waals surface area contributed by atoms with E-state index in [4.69, 9.17) is 33.3 Å².